The van der Waals surface area contributed by atoms with Gasteiger partial charge in [-0.15, -0.1) is 11.8 Å². The molecule has 3 aromatic carbocycles. The van der Waals surface area contributed by atoms with E-state index in [1.165, 1.54) is 65.5 Å². The quantitative estimate of drug-likeness (QED) is 0.0823. The van der Waals surface area contributed by atoms with Crippen molar-refractivity contribution in [3.05, 3.63) is 136 Å². The number of thioether (sulfide) groups is 1. The minimum absolute atomic E-state index is 0.0854. The van der Waals surface area contributed by atoms with Crippen LogP contribution in [0.2, 0.25) is 0 Å². The number of nitriles is 2. The van der Waals surface area contributed by atoms with Gasteiger partial charge >= 0.3 is 11.9 Å². The number of esters is 2. The second kappa shape index (κ2) is 20.6. The average Bonchev–Trinajstić information content (AvgIpc) is 3.72. The lowest BCUT2D eigenvalue weighted by Crippen LogP contribution is -2.47. The standard InChI is InChI=1S/C42H41F3N6O6S/c1-28(58-34-23-55-40(56-24-34)9-5-4-7-31-12-10-30(21-47)18-37(31)44)42(25-51-27-48-26-49-51,36-15-14-33(43)19-38(36)45)57-41(53)35-17-29(20-46)11-13-32(35)22-54-39(52)8-6-16-50(2)3/h4-5,7,9-15,17-19,26-28,34,40H,6,8,16,22-25H2,1-3H3/t28-,34-,40-,42-/m1/s1. The van der Waals surface area contributed by atoms with Crippen molar-refractivity contribution in [3.8, 4) is 12.1 Å². The third-order valence-corrected chi connectivity index (χ3v) is 10.5. The van der Waals surface area contributed by atoms with E-state index in [2.05, 4.69) is 10.1 Å². The Morgan fingerprint density at radius 2 is 1.78 bits per heavy atom. The van der Waals surface area contributed by atoms with Gasteiger partial charge in [0, 0.05) is 34.4 Å². The first kappa shape index (κ1) is 43.3. The first-order valence-corrected chi connectivity index (χ1v) is 19.1. The van der Waals surface area contributed by atoms with Crippen molar-refractivity contribution in [1.29, 1.82) is 10.5 Å². The molecule has 1 saturated heterocycles. The van der Waals surface area contributed by atoms with E-state index in [0.29, 0.717) is 24.6 Å². The zero-order valence-electron chi connectivity index (χ0n) is 32.0. The number of carbonyl (C=O) groups is 2. The Balaban J connectivity index is 1.38. The third kappa shape index (κ3) is 11.6. The lowest BCUT2D eigenvalue weighted by atomic mass is 9.89. The highest BCUT2D eigenvalue weighted by atomic mass is 32.2. The zero-order chi connectivity index (χ0) is 41.7. The molecule has 0 radical (unpaired) electrons. The molecule has 0 aliphatic carbocycles. The molecular weight excluding hydrogens is 774 g/mol. The van der Waals surface area contributed by atoms with Gasteiger partial charge in [0.15, 0.2) is 11.9 Å². The molecule has 0 spiro atoms. The van der Waals surface area contributed by atoms with Crippen LogP contribution in [-0.2, 0) is 42.5 Å². The number of carbonyl (C=O) groups excluding carboxylic acids is 2. The van der Waals surface area contributed by atoms with Gasteiger partial charge in [0.2, 0.25) is 0 Å². The highest BCUT2D eigenvalue weighted by Gasteiger charge is 2.47. The van der Waals surface area contributed by atoms with Crippen molar-refractivity contribution in [2.75, 3.05) is 33.9 Å². The second-order valence-corrected chi connectivity index (χ2v) is 15.2. The lowest BCUT2D eigenvalue weighted by Gasteiger charge is -2.40. The number of ether oxygens (including phenoxy) is 4. The lowest BCUT2D eigenvalue weighted by molar-refractivity contribution is -0.146. The number of halogens is 3. The first-order valence-electron chi connectivity index (χ1n) is 18.2. The van der Waals surface area contributed by atoms with Crippen molar-refractivity contribution >= 4 is 29.8 Å². The van der Waals surface area contributed by atoms with Crippen LogP contribution in [0.3, 0.4) is 0 Å². The SMILES string of the molecule is C[C@@H](S[C@H]1CO[C@H](C=CC=Cc2ccc(C#N)cc2F)OC1)[C@@](Cn1cncn1)(OC(=O)c1cc(C#N)ccc1COC(=O)CCCN(C)C)c1ccc(F)cc1F. The number of nitrogens with zero attached hydrogens (tertiary/aromatic N) is 6. The van der Waals surface area contributed by atoms with Gasteiger partial charge in [-0.25, -0.2) is 27.6 Å². The number of benzene rings is 3. The smallest absolute Gasteiger partial charge is 0.339 e. The van der Waals surface area contributed by atoms with Gasteiger partial charge in [-0.3, -0.25) is 4.79 Å². The van der Waals surface area contributed by atoms with Gasteiger partial charge in [0.05, 0.1) is 53.8 Å². The molecule has 2 atom stereocenters. The first-order chi connectivity index (χ1) is 27.9. The second-order valence-electron chi connectivity index (χ2n) is 13.6. The van der Waals surface area contributed by atoms with Crippen LogP contribution in [-0.4, -0.2) is 82.2 Å². The monoisotopic (exact) mass is 814 g/mol. The van der Waals surface area contributed by atoms with Crippen molar-refractivity contribution in [1.82, 2.24) is 19.7 Å². The average molecular weight is 815 g/mol. The van der Waals surface area contributed by atoms with Crippen LogP contribution >= 0.6 is 11.8 Å². The molecule has 0 unspecified atom stereocenters. The van der Waals surface area contributed by atoms with Crippen molar-refractivity contribution in [2.45, 2.75) is 55.3 Å². The topological polar surface area (TPSA) is 153 Å². The fraction of sp³-hybridized carbons (Fsp3) is 0.333. The maximum atomic E-state index is 16.0. The summed E-state index contributed by atoms with van der Waals surface area (Å²) in [5.74, 6) is -3.79. The summed E-state index contributed by atoms with van der Waals surface area (Å²) in [6.45, 7) is 2.19. The Labute approximate surface area is 338 Å². The van der Waals surface area contributed by atoms with E-state index in [9.17, 15) is 23.6 Å². The molecular formula is C42H41F3N6O6S. The van der Waals surface area contributed by atoms with E-state index in [-0.39, 0.29) is 65.9 Å². The van der Waals surface area contributed by atoms with Gasteiger partial charge in [0.1, 0.15) is 36.7 Å². The van der Waals surface area contributed by atoms with Crippen LogP contribution in [0, 0.1) is 40.1 Å². The minimum atomic E-state index is -1.88. The maximum Gasteiger partial charge on any atom is 0.339 e. The molecule has 0 amide bonds. The van der Waals surface area contributed by atoms with Gasteiger partial charge < -0.3 is 23.8 Å². The van der Waals surface area contributed by atoms with Gasteiger partial charge in [-0.1, -0.05) is 30.4 Å². The summed E-state index contributed by atoms with van der Waals surface area (Å²) >= 11 is 1.29. The van der Waals surface area contributed by atoms with Crippen LogP contribution < -0.4 is 0 Å². The Kier molecular flexibility index (Phi) is 15.4. The number of aromatic nitrogens is 3. The summed E-state index contributed by atoms with van der Waals surface area (Å²) in [6, 6.07) is 15.3. The number of allylic oxidation sites excluding steroid dienone is 2. The summed E-state index contributed by atoms with van der Waals surface area (Å²) in [4.78, 5) is 32.9. The molecule has 2 heterocycles. The normalized spacial score (nSPS) is 17.1. The maximum absolute atomic E-state index is 16.0. The molecule has 1 aliphatic rings. The zero-order valence-corrected chi connectivity index (χ0v) is 32.8. The van der Waals surface area contributed by atoms with E-state index >= 15 is 4.39 Å². The van der Waals surface area contributed by atoms with Crippen LogP contribution in [0.5, 0.6) is 0 Å². The van der Waals surface area contributed by atoms with Crippen LogP contribution in [0.15, 0.2) is 85.5 Å². The molecule has 1 fully saturated rings. The molecule has 12 nitrogen and oxygen atoms in total. The Bertz CT molecular complexity index is 2200. The van der Waals surface area contributed by atoms with E-state index in [1.54, 1.807) is 31.2 Å². The Morgan fingerprint density at radius 3 is 2.45 bits per heavy atom. The van der Waals surface area contributed by atoms with Crippen molar-refractivity contribution in [3.63, 3.8) is 0 Å². The predicted molar refractivity (Wildman–Crippen MR) is 208 cm³/mol. The van der Waals surface area contributed by atoms with Gasteiger partial charge in [-0.2, -0.15) is 15.6 Å². The van der Waals surface area contributed by atoms with E-state index < -0.39 is 46.5 Å². The van der Waals surface area contributed by atoms with E-state index in [1.807, 2.05) is 31.1 Å². The molecule has 0 N–H and O–H groups in total. The number of rotatable bonds is 17. The molecule has 0 bridgehead atoms. The van der Waals surface area contributed by atoms with Crippen LogP contribution in [0.1, 0.15) is 57.9 Å². The largest absolute Gasteiger partial charge is 0.461 e. The van der Waals surface area contributed by atoms with Crippen LogP contribution in [0.25, 0.3) is 6.08 Å². The molecule has 5 rings (SSSR count). The summed E-state index contributed by atoms with van der Waals surface area (Å²) in [5.41, 5.74) is -1.21. The number of hydrogen-bond donors (Lipinski definition) is 0. The predicted octanol–water partition coefficient (Wildman–Crippen LogP) is 6.71. The molecule has 1 aliphatic heterocycles. The molecule has 4 aromatic rings. The Hall–Kier alpha value is -5.78. The summed E-state index contributed by atoms with van der Waals surface area (Å²) in [5, 5.41) is 21.7. The fourth-order valence-corrected chi connectivity index (χ4v) is 7.44. The number of hydrogen-bond acceptors (Lipinski definition) is 12. The van der Waals surface area contributed by atoms with Crippen molar-refractivity contribution in [2.24, 2.45) is 0 Å². The molecule has 0 saturated carbocycles. The molecule has 1 aromatic heterocycles. The van der Waals surface area contributed by atoms with E-state index in [0.717, 1.165) is 12.1 Å². The molecule has 302 valence electrons. The van der Waals surface area contributed by atoms with Gasteiger partial charge in [-0.05, 0) is 76.5 Å². The highest BCUT2D eigenvalue weighted by Crippen LogP contribution is 2.42. The van der Waals surface area contributed by atoms with Crippen molar-refractivity contribution < 1.29 is 41.7 Å². The van der Waals surface area contributed by atoms with E-state index in [4.69, 9.17) is 24.2 Å². The Morgan fingerprint density at radius 1 is 1.03 bits per heavy atom. The highest BCUT2D eigenvalue weighted by molar-refractivity contribution is 8.00. The molecule has 16 heteroatoms. The summed E-state index contributed by atoms with van der Waals surface area (Å²) in [7, 11) is 3.77. The molecule has 58 heavy (non-hydrogen) atoms. The minimum Gasteiger partial charge on any atom is -0.461 e. The third-order valence-electron chi connectivity index (χ3n) is 9.09. The van der Waals surface area contributed by atoms with Gasteiger partial charge in [0.25, 0.3) is 0 Å². The summed E-state index contributed by atoms with van der Waals surface area (Å²) in [6.07, 6.45) is 9.04. The van der Waals surface area contributed by atoms with Crippen LogP contribution in [0.4, 0.5) is 13.2 Å². The summed E-state index contributed by atoms with van der Waals surface area (Å²) < 4.78 is 69.7. The fourth-order valence-electron chi connectivity index (χ4n) is 6.08.